The largest absolute Gasteiger partial charge is 0.316 e. The second kappa shape index (κ2) is 4.70. The third kappa shape index (κ3) is 2.27. The van der Waals surface area contributed by atoms with Crippen LogP contribution in [0.2, 0.25) is 0 Å². The number of benzene rings is 1. The molecule has 1 aromatic rings. The molecule has 0 bridgehead atoms. The summed E-state index contributed by atoms with van der Waals surface area (Å²) in [7, 11) is 0. The Hall–Kier alpha value is -1.29. The summed E-state index contributed by atoms with van der Waals surface area (Å²) in [5.74, 6) is -2.10. The van der Waals surface area contributed by atoms with Crippen LogP contribution in [0.15, 0.2) is 18.2 Å². The molecule has 0 amide bonds. The smallest absolute Gasteiger partial charge is 0.167 e. The predicted octanol–water partition coefficient (Wildman–Crippen LogP) is 2.15. The lowest BCUT2D eigenvalue weighted by Crippen LogP contribution is -2.34. The van der Waals surface area contributed by atoms with Crippen molar-refractivity contribution in [2.45, 2.75) is 12.8 Å². The van der Waals surface area contributed by atoms with Gasteiger partial charge in [0.25, 0.3) is 0 Å². The van der Waals surface area contributed by atoms with Gasteiger partial charge in [-0.05, 0) is 37.6 Å². The highest BCUT2D eigenvalue weighted by Gasteiger charge is 2.22. The van der Waals surface area contributed by atoms with Gasteiger partial charge in [-0.3, -0.25) is 4.79 Å². The molecule has 0 aliphatic carbocycles. The van der Waals surface area contributed by atoms with Crippen LogP contribution in [0.3, 0.4) is 0 Å². The normalized spacial score (nSPS) is 20.8. The zero-order chi connectivity index (χ0) is 11.5. The molecule has 0 saturated carbocycles. The maximum Gasteiger partial charge on any atom is 0.167 e. The Bertz CT molecular complexity index is 400. The minimum atomic E-state index is -0.963. The number of carbonyl (C=O) groups is 1. The van der Waals surface area contributed by atoms with Crippen molar-refractivity contribution in [3.63, 3.8) is 0 Å². The Kier molecular flexibility index (Phi) is 3.29. The first kappa shape index (κ1) is 11.2. The molecule has 1 fully saturated rings. The minimum Gasteiger partial charge on any atom is -0.316 e. The van der Waals surface area contributed by atoms with Gasteiger partial charge in [0.05, 0.1) is 0 Å². The quantitative estimate of drug-likeness (QED) is 0.781. The molecule has 1 aliphatic heterocycles. The van der Waals surface area contributed by atoms with Crippen LogP contribution in [0, 0.1) is 17.6 Å². The van der Waals surface area contributed by atoms with Gasteiger partial charge >= 0.3 is 0 Å². The van der Waals surface area contributed by atoms with Crippen molar-refractivity contribution in [2.75, 3.05) is 13.1 Å². The molecule has 86 valence electrons. The molecule has 1 aliphatic rings. The number of Topliss-reactive ketones (excluding diaryl/α,β-unsaturated/α-hetero) is 1. The first-order chi connectivity index (χ1) is 7.68. The molecule has 2 rings (SSSR count). The fraction of sp³-hybridized carbons (Fsp3) is 0.417. The Morgan fingerprint density at radius 1 is 1.31 bits per heavy atom. The number of carbonyl (C=O) groups excluding carboxylic acids is 1. The highest BCUT2D eigenvalue weighted by atomic mass is 19.2. The minimum absolute atomic E-state index is 0.105. The van der Waals surface area contributed by atoms with Gasteiger partial charge in [0.1, 0.15) is 0 Å². The van der Waals surface area contributed by atoms with E-state index < -0.39 is 11.6 Å². The van der Waals surface area contributed by atoms with Crippen LogP contribution in [0.25, 0.3) is 0 Å². The molecule has 1 saturated heterocycles. The third-order valence-electron chi connectivity index (χ3n) is 2.87. The number of piperidine rings is 1. The van der Waals surface area contributed by atoms with E-state index in [1.807, 2.05) is 0 Å². The van der Waals surface area contributed by atoms with Crippen LogP contribution in [0.1, 0.15) is 23.2 Å². The van der Waals surface area contributed by atoms with Crippen LogP contribution in [0.5, 0.6) is 0 Å². The second-order valence-corrected chi connectivity index (χ2v) is 4.04. The number of ketones is 1. The van der Waals surface area contributed by atoms with E-state index in [9.17, 15) is 13.6 Å². The maximum atomic E-state index is 13.0. The van der Waals surface area contributed by atoms with E-state index in [-0.39, 0.29) is 17.3 Å². The van der Waals surface area contributed by atoms with E-state index in [1.54, 1.807) is 0 Å². The maximum absolute atomic E-state index is 13.0. The monoisotopic (exact) mass is 225 g/mol. The number of nitrogens with one attached hydrogen (secondary N) is 1. The molecule has 1 heterocycles. The van der Waals surface area contributed by atoms with E-state index in [0.717, 1.165) is 31.5 Å². The van der Waals surface area contributed by atoms with Crippen molar-refractivity contribution in [3.05, 3.63) is 35.4 Å². The van der Waals surface area contributed by atoms with Crippen molar-refractivity contribution >= 4 is 5.78 Å². The van der Waals surface area contributed by atoms with Crippen molar-refractivity contribution in [1.29, 1.82) is 0 Å². The Balaban J connectivity index is 2.16. The lowest BCUT2D eigenvalue weighted by atomic mass is 9.91. The van der Waals surface area contributed by atoms with Gasteiger partial charge in [0.15, 0.2) is 17.4 Å². The molecule has 4 heteroatoms. The van der Waals surface area contributed by atoms with Gasteiger partial charge in [-0.2, -0.15) is 0 Å². The number of hydrogen-bond acceptors (Lipinski definition) is 2. The summed E-state index contributed by atoms with van der Waals surface area (Å²) < 4.78 is 25.7. The molecule has 0 radical (unpaired) electrons. The summed E-state index contributed by atoms with van der Waals surface area (Å²) in [6.07, 6.45) is 1.75. The zero-order valence-electron chi connectivity index (χ0n) is 8.80. The molecule has 1 unspecified atom stereocenters. The number of halogens is 2. The van der Waals surface area contributed by atoms with Crippen molar-refractivity contribution < 1.29 is 13.6 Å². The predicted molar refractivity (Wildman–Crippen MR) is 56.3 cm³/mol. The Labute approximate surface area is 92.7 Å². The highest BCUT2D eigenvalue weighted by Crippen LogP contribution is 2.18. The molecule has 2 nitrogen and oxygen atoms in total. The average Bonchev–Trinajstić information content (AvgIpc) is 2.33. The van der Waals surface area contributed by atoms with Gasteiger partial charge in [-0.25, -0.2) is 8.78 Å². The lowest BCUT2D eigenvalue weighted by molar-refractivity contribution is 0.0899. The molecular formula is C12H13F2NO. The number of hydrogen-bond donors (Lipinski definition) is 1. The average molecular weight is 225 g/mol. The van der Waals surface area contributed by atoms with E-state index in [1.165, 1.54) is 6.07 Å². The molecule has 1 N–H and O–H groups in total. The van der Waals surface area contributed by atoms with Crippen LogP contribution >= 0.6 is 0 Å². The third-order valence-corrected chi connectivity index (χ3v) is 2.87. The van der Waals surface area contributed by atoms with Crippen molar-refractivity contribution in [3.8, 4) is 0 Å². The van der Waals surface area contributed by atoms with Gasteiger partial charge in [-0.15, -0.1) is 0 Å². The summed E-state index contributed by atoms with van der Waals surface area (Å²) in [4.78, 5) is 11.9. The molecule has 0 aromatic heterocycles. The van der Waals surface area contributed by atoms with Crippen LogP contribution in [-0.2, 0) is 0 Å². The summed E-state index contributed by atoms with van der Waals surface area (Å²) in [6, 6.07) is 3.32. The summed E-state index contributed by atoms with van der Waals surface area (Å²) >= 11 is 0. The van der Waals surface area contributed by atoms with Gasteiger partial charge < -0.3 is 5.32 Å². The molecular weight excluding hydrogens is 212 g/mol. The molecule has 0 spiro atoms. The summed E-state index contributed by atoms with van der Waals surface area (Å²) in [5, 5.41) is 3.12. The van der Waals surface area contributed by atoms with E-state index >= 15 is 0 Å². The topological polar surface area (TPSA) is 29.1 Å². The number of rotatable bonds is 2. The van der Waals surface area contributed by atoms with E-state index in [4.69, 9.17) is 0 Å². The molecule has 16 heavy (non-hydrogen) atoms. The fourth-order valence-electron chi connectivity index (χ4n) is 1.96. The fourth-order valence-corrected chi connectivity index (χ4v) is 1.96. The first-order valence-electron chi connectivity index (χ1n) is 5.38. The van der Waals surface area contributed by atoms with Crippen LogP contribution in [-0.4, -0.2) is 18.9 Å². The lowest BCUT2D eigenvalue weighted by Gasteiger charge is -2.21. The Morgan fingerprint density at radius 3 is 2.75 bits per heavy atom. The molecule has 1 atom stereocenters. The zero-order valence-corrected chi connectivity index (χ0v) is 8.80. The van der Waals surface area contributed by atoms with Gasteiger partial charge in [0, 0.05) is 18.0 Å². The van der Waals surface area contributed by atoms with E-state index in [0.29, 0.717) is 6.54 Å². The SMILES string of the molecule is O=C(c1ccc(F)c(F)c1)C1CCCNC1. The summed E-state index contributed by atoms with van der Waals surface area (Å²) in [6.45, 7) is 1.54. The Morgan fingerprint density at radius 2 is 2.12 bits per heavy atom. The van der Waals surface area contributed by atoms with E-state index in [2.05, 4.69) is 5.32 Å². The molecule has 1 aromatic carbocycles. The van der Waals surface area contributed by atoms with Crippen LogP contribution < -0.4 is 5.32 Å². The second-order valence-electron chi connectivity index (χ2n) is 4.04. The highest BCUT2D eigenvalue weighted by molar-refractivity contribution is 5.98. The van der Waals surface area contributed by atoms with Crippen molar-refractivity contribution in [2.24, 2.45) is 5.92 Å². The van der Waals surface area contributed by atoms with Gasteiger partial charge in [0.2, 0.25) is 0 Å². The van der Waals surface area contributed by atoms with Crippen LogP contribution in [0.4, 0.5) is 8.78 Å². The summed E-state index contributed by atoms with van der Waals surface area (Å²) in [5.41, 5.74) is 0.257. The van der Waals surface area contributed by atoms with Gasteiger partial charge in [-0.1, -0.05) is 0 Å². The standard InChI is InChI=1S/C12H13F2NO/c13-10-4-3-8(6-11(10)14)12(16)9-2-1-5-15-7-9/h3-4,6,9,15H,1-2,5,7H2. The van der Waals surface area contributed by atoms with Crippen molar-refractivity contribution in [1.82, 2.24) is 5.32 Å². The first-order valence-corrected chi connectivity index (χ1v) is 5.38.